The van der Waals surface area contributed by atoms with Crippen LogP contribution in [0.4, 0.5) is 27.8 Å². The number of nitrogens with zero attached hydrogens (tertiary/aromatic N) is 3. The first kappa shape index (κ1) is 29.7. The van der Waals surface area contributed by atoms with Crippen LogP contribution in [0.25, 0.3) is 0 Å². The third-order valence-corrected chi connectivity index (χ3v) is 5.66. The molecule has 0 radical (unpaired) electrons. The predicted molar refractivity (Wildman–Crippen MR) is 141 cm³/mol. The van der Waals surface area contributed by atoms with E-state index in [4.69, 9.17) is 14.8 Å². The Morgan fingerprint density at radius 2 is 1.70 bits per heavy atom. The largest absolute Gasteiger partial charge is 0.530 e. The van der Waals surface area contributed by atoms with Crippen molar-refractivity contribution < 1.29 is 42.4 Å². The van der Waals surface area contributed by atoms with Crippen molar-refractivity contribution in [2.24, 2.45) is 10.2 Å². The van der Waals surface area contributed by atoms with Crippen LogP contribution in [-0.4, -0.2) is 47.8 Å². The summed E-state index contributed by atoms with van der Waals surface area (Å²) in [6, 6.07) is 17.1. The van der Waals surface area contributed by atoms with Crippen LogP contribution < -0.4 is 20.9 Å². The maximum Gasteiger partial charge on any atom is 0.530 e. The highest BCUT2D eigenvalue weighted by Crippen LogP contribution is 2.48. The minimum absolute atomic E-state index is 0.0350. The zero-order valence-corrected chi connectivity index (χ0v) is 22.1. The van der Waals surface area contributed by atoms with Crippen LogP contribution in [-0.2, 0) is 23.4 Å². The van der Waals surface area contributed by atoms with Crippen LogP contribution in [0.15, 0.2) is 77.0 Å². The van der Waals surface area contributed by atoms with Gasteiger partial charge in [0, 0.05) is 5.56 Å². The van der Waals surface area contributed by atoms with Crippen LogP contribution in [0.5, 0.6) is 5.75 Å². The number of nitrogens with one attached hydrogen (secondary N) is 2. The van der Waals surface area contributed by atoms with Gasteiger partial charge in [-0.25, -0.2) is 18.9 Å². The number of aromatic nitrogens is 1. The maximum atomic E-state index is 12.3. The number of methoxy groups -OCH3 is 1. The number of carbonyl (C=O) groups excluding carboxylic acids is 3. The molecule has 0 fully saturated rings. The molecule has 0 saturated heterocycles. The van der Waals surface area contributed by atoms with E-state index in [0.717, 1.165) is 7.11 Å². The molecule has 16 heteroatoms. The first-order valence-corrected chi connectivity index (χ1v) is 12.9. The lowest BCUT2D eigenvalue weighted by Gasteiger charge is -2.18. The van der Waals surface area contributed by atoms with Gasteiger partial charge in [-0.05, 0) is 43.3 Å². The number of para-hydroxylation sites is 1. The van der Waals surface area contributed by atoms with Crippen molar-refractivity contribution >= 4 is 48.8 Å². The fourth-order valence-electron chi connectivity index (χ4n) is 2.92. The van der Waals surface area contributed by atoms with E-state index in [-0.39, 0.29) is 35.3 Å². The van der Waals surface area contributed by atoms with E-state index in [9.17, 15) is 23.8 Å². The molecule has 0 aliphatic rings. The molecule has 2 amide bonds. The van der Waals surface area contributed by atoms with E-state index < -0.39 is 32.1 Å². The first-order valence-electron chi connectivity index (χ1n) is 11.4. The Labute approximate surface area is 227 Å². The number of phosphoric ester groups is 1. The smallest absolute Gasteiger partial charge is 0.438 e. The monoisotopic (exact) mass is 572 g/mol. The number of nitrogens with two attached hydrogens (primary N) is 1. The summed E-state index contributed by atoms with van der Waals surface area (Å²) < 4.78 is 31.0. The van der Waals surface area contributed by atoms with Gasteiger partial charge in [0.25, 0.3) is 5.91 Å². The number of anilines is 2. The van der Waals surface area contributed by atoms with Crippen LogP contribution in [0.2, 0.25) is 0 Å². The Kier molecular flexibility index (Phi) is 10.2. The number of pyridine rings is 1. The summed E-state index contributed by atoms with van der Waals surface area (Å²) in [5.74, 6) is -1.08. The molecule has 3 aromatic rings. The average molecular weight is 572 g/mol. The molecule has 0 aliphatic heterocycles. The molecule has 3 rings (SSSR count). The Bertz CT molecular complexity index is 1440. The molecule has 1 aromatic heterocycles. The number of nitrogen functional groups attached to an aromatic ring is 1. The third-order valence-electron chi connectivity index (χ3n) is 4.67. The predicted octanol–water partition coefficient (Wildman–Crippen LogP) is 4.07. The summed E-state index contributed by atoms with van der Waals surface area (Å²) in [4.78, 5) is 49.5. The van der Waals surface area contributed by atoms with Gasteiger partial charge >= 0.3 is 14.0 Å². The molecule has 0 bridgehead atoms. The molecule has 2 atom stereocenters. The summed E-state index contributed by atoms with van der Waals surface area (Å²) in [6.45, 7) is 0.900. The highest BCUT2D eigenvalue weighted by molar-refractivity contribution is 7.47. The Morgan fingerprint density at radius 1 is 1.02 bits per heavy atom. The molecule has 210 valence electrons. The lowest BCUT2D eigenvalue weighted by Crippen LogP contribution is -2.33. The van der Waals surface area contributed by atoms with Gasteiger partial charge in [0.15, 0.2) is 11.6 Å². The highest BCUT2D eigenvalue weighted by Gasteiger charge is 2.29. The molecule has 0 saturated carbocycles. The Morgan fingerprint density at radius 3 is 2.40 bits per heavy atom. The van der Waals surface area contributed by atoms with Gasteiger partial charge < -0.3 is 30.4 Å². The normalized spacial score (nSPS) is 13.1. The van der Waals surface area contributed by atoms with Crippen molar-refractivity contribution in [2.75, 3.05) is 24.7 Å². The number of hydrogen-bond acceptors (Lipinski definition) is 12. The summed E-state index contributed by atoms with van der Waals surface area (Å²) in [7, 11) is -3.70. The first-order chi connectivity index (χ1) is 19.1. The van der Waals surface area contributed by atoms with Crippen LogP contribution in [0.1, 0.15) is 17.3 Å². The number of ether oxygens (including phenoxy) is 2. The lowest BCUT2D eigenvalue weighted by molar-refractivity contribution is -0.115. The van der Waals surface area contributed by atoms with Gasteiger partial charge in [-0.1, -0.05) is 30.3 Å². The molecule has 1 heterocycles. The number of hydrogen-bond donors (Lipinski definition) is 4. The quantitative estimate of drug-likeness (QED) is 0.111. The summed E-state index contributed by atoms with van der Waals surface area (Å²) in [5.41, 5.74) is 6.50. The number of benzene rings is 2. The number of phosphoric acid groups is 1. The zero-order chi connectivity index (χ0) is 29.1. The minimum Gasteiger partial charge on any atom is -0.438 e. The third kappa shape index (κ3) is 9.16. The number of carbonyl (C=O) groups is 3. The molecule has 5 N–H and O–H groups in total. The molecular formula is C24H25N6O9P. The van der Waals surface area contributed by atoms with Crippen molar-refractivity contribution in [1.29, 1.82) is 0 Å². The van der Waals surface area contributed by atoms with Gasteiger partial charge in [0.05, 0.1) is 13.7 Å². The number of amides is 2. The molecule has 2 unspecified atom stereocenters. The second-order valence-corrected chi connectivity index (χ2v) is 9.00. The fraction of sp³-hybridized carbons (Fsp3) is 0.167. The van der Waals surface area contributed by atoms with Gasteiger partial charge in [0.2, 0.25) is 12.2 Å². The molecular weight excluding hydrogens is 547 g/mol. The SMILES string of the molecule is COC(=O)OC(C)OP(=O)(O)Oc1ccccc1/N=N/c1ccc(NC(=O)CNC(=O)c2ccccc2)nc1N. The van der Waals surface area contributed by atoms with E-state index in [2.05, 4.69) is 35.3 Å². The summed E-state index contributed by atoms with van der Waals surface area (Å²) >= 11 is 0. The topological polar surface area (TPSA) is 213 Å². The standard InChI is InChI=1S/C24H25N6O9P/c1-15(37-24(33)36-2)38-40(34,35)39-19-11-7-6-10-17(19)29-30-18-12-13-20(28-22(18)25)27-21(31)14-26-23(32)16-8-4-3-5-9-16/h3-13,15H,14H2,1-2H3,(H,26,32)(H,34,35)(H3,25,27,28,31)/b30-29+. The second-order valence-electron chi connectivity index (χ2n) is 7.67. The summed E-state index contributed by atoms with van der Waals surface area (Å²) in [6.07, 6.45) is -2.57. The maximum absolute atomic E-state index is 12.3. The molecule has 2 aromatic carbocycles. The van der Waals surface area contributed by atoms with Crippen molar-refractivity contribution in [3.05, 3.63) is 72.3 Å². The number of azo groups is 1. The van der Waals surface area contributed by atoms with E-state index in [1.165, 1.54) is 37.3 Å². The molecule has 0 aliphatic carbocycles. The van der Waals surface area contributed by atoms with Crippen LogP contribution in [0.3, 0.4) is 0 Å². The minimum atomic E-state index is -4.76. The molecule has 15 nitrogen and oxygen atoms in total. The Balaban J connectivity index is 1.61. The average Bonchev–Trinajstić information content (AvgIpc) is 2.91. The van der Waals surface area contributed by atoms with Gasteiger partial charge in [-0.2, -0.15) is 0 Å². The van der Waals surface area contributed by atoms with Gasteiger partial charge in [-0.15, -0.1) is 10.2 Å². The van der Waals surface area contributed by atoms with Gasteiger partial charge in [-0.3, -0.25) is 14.5 Å². The van der Waals surface area contributed by atoms with Crippen molar-refractivity contribution in [1.82, 2.24) is 10.3 Å². The fourth-order valence-corrected chi connectivity index (χ4v) is 3.79. The van der Waals surface area contributed by atoms with E-state index >= 15 is 0 Å². The van der Waals surface area contributed by atoms with E-state index in [1.54, 1.807) is 36.4 Å². The molecule has 0 spiro atoms. The van der Waals surface area contributed by atoms with E-state index in [1.807, 2.05) is 0 Å². The highest BCUT2D eigenvalue weighted by atomic mass is 31.2. The Hall–Kier alpha value is -4.85. The molecule has 40 heavy (non-hydrogen) atoms. The lowest BCUT2D eigenvalue weighted by atomic mass is 10.2. The van der Waals surface area contributed by atoms with Crippen molar-refractivity contribution in [3.8, 4) is 5.75 Å². The van der Waals surface area contributed by atoms with Crippen LogP contribution in [0, 0.1) is 0 Å². The second kappa shape index (κ2) is 13.8. The van der Waals surface area contributed by atoms with E-state index in [0.29, 0.717) is 5.56 Å². The van der Waals surface area contributed by atoms with Crippen LogP contribution >= 0.6 is 7.82 Å². The van der Waals surface area contributed by atoms with Crippen molar-refractivity contribution in [3.63, 3.8) is 0 Å². The zero-order valence-electron chi connectivity index (χ0n) is 21.2. The van der Waals surface area contributed by atoms with Gasteiger partial charge in [0.1, 0.15) is 17.2 Å². The number of rotatable bonds is 11. The summed E-state index contributed by atoms with van der Waals surface area (Å²) in [5, 5.41) is 13.0. The van der Waals surface area contributed by atoms with Crippen molar-refractivity contribution in [2.45, 2.75) is 13.2 Å².